The van der Waals surface area contributed by atoms with Crippen LogP contribution >= 0.6 is 0 Å². The Balaban J connectivity index is 2.28. The van der Waals surface area contributed by atoms with Gasteiger partial charge in [-0.3, -0.25) is 5.32 Å². The van der Waals surface area contributed by atoms with Crippen LogP contribution in [-0.4, -0.2) is 24.3 Å². The second-order valence-electron chi connectivity index (χ2n) is 7.06. The third-order valence-corrected chi connectivity index (χ3v) is 3.30. The molecule has 1 rings (SSSR count). The highest BCUT2D eigenvalue weighted by atomic mass is 16.5. The fraction of sp³-hybridized carbons (Fsp3) is 0.933. The second-order valence-corrected chi connectivity index (χ2v) is 7.06. The van der Waals surface area contributed by atoms with Gasteiger partial charge in [0.15, 0.2) is 0 Å². The van der Waals surface area contributed by atoms with Crippen molar-refractivity contribution in [2.24, 2.45) is 5.41 Å². The van der Waals surface area contributed by atoms with Crippen LogP contribution in [0.2, 0.25) is 0 Å². The number of nitriles is 1. The molecule has 1 N–H and O–H groups in total. The monoisotopic (exact) mass is 252 g/mol. The Bertz CT molecular complexity index is 299. The number of hydrogen-bond donors (Lipinski definition) is 1. The first kappa shape index (κ1) is 15.5. The Morgan fingerprint density at radius 1 is 1.33 bits per heavy atom. The highest BCUT2D eigenvalue weighted by Gasteiger charge is 2.33. The molecule has 0 bridgehead atoms. The molecule has 0 heterocycles. The van der Waals surface area contributed by atoms with E-state index < -0.39 is 5.54 Å². The molecule has 1 aliphatic rings. The minimum Gasteiger partial charge on any atom is -0.378 e. The Hall–Kier alpha value is -0.590. The van der Waals surface area contributed by atoms with E-state index in [0.717, 1.165) is 19.4 Å². The Kier molecular flexibility index (Phi) is 5.19. The van der Waals surface area contributed by atoms with Crippen molar-refractivity contribution in [3.05, 3.63) is 0 Å². The first-order chi connectivity index (χ1) is 8.24. The van der Waals surface area contributed by atoms with Crippen molar-refractivity contribution in [3.63, 3.8) is 0 Å². The molecule has 0 aromatic rings. The first-order valence-corrected chi connectivity index (χ1v) is 7.05. The van der Waals surface area contributed by atoms with E-state index in [1.807, 2.05) is 6.92 Å². The maximum atomic E-state index is 9.30. The summed E-state index contributed by atoms with van der Waals surface area (Å²) in [6.45, 7) is 11.5. The van der Waals surface area contributed by atoms with Crippen LogP contribution in [-0.2, 0) is 4.74 Å². The summed E-state index contributed by atoms with van der Waals surface area (Å²) in [6, 6.07) is 2.95. The van der Waals surface area contributed by atoms with E-state index in [-0.39, 0.29) is 6.10 Å². The lowest BCUT2D eigenvalue weighted by atomic mass is 9.93. The summed E-state index contributed by atoms with van der Waals surface area (Å²) in [5.41, 5.74) is -0.132. The van der Waals surface area contributed by atoms with E-state index in [1.165, 1.54) is 12.8 Å². The molecule has 104 valence electrons. The molecule has 0 spiro atoms. The largest absolute Gasteiger partial charge is 0.378 e. The molecule has 3 heteroatoms. The lowest BCUT2D eigenvalue weighted by Crippen LogP contribution is -2.45. The van der Waals surface area contributed by atoms with Gasteiger partial charge in [0.05, 0.1) is 12.2 Å². The van der Waals surface area contributed by atoms with E-state index in [2.05, 4.69) is 39.1 Å². The molecule has 0 aliphatic heterocycles. The molecule has 1 aliphatic carbocycles. The maximum absolute atomic E-state index is 9.30. The summed E-state index contributed by atoms with van der Waals surface area (Å²) in [6.07, 6.45) is 4.34. The van der Waals surface area contributed by atoms with E-state index in [1.54, 1.807) is 0 Å². The average Bonchev–Trinajstić information content (AvgIpc) is 2.99. The molecule has 0 aromatic heterocycles. The molecule has 0 radical (unpaired) electrons. The van der Waals surface area contributed by atoms with Gasteiger partial charge >= 0.3 is 0 Å². The van der Waals surface area contributed by atoms with Crippen LogP contribution in [0.5, 0.6) is 0 Å². The van der Waals surface area contributed by atoms with E-state index in [9.17, 15) is 5.26 Å². The molecule has 0 amide bonds. The number of nitrogens with one attached hydrogen (secondary N) is 1. The molecular weight excluding hydrogens is 224 g/mol. The average molecular weight is 252 g/mol. The number of hydrogen-bond acceptors (Lipinski definition) is 3. The standard InChI is InChI=1S/C15H28N2O/c1-12(18-9-8-14(2,3)4)10-15(5,11-16)17-13-6-7-13/h12-13,17H,6-10H2,1-5H3. The lowest BCUT2D eigenvalue weighted by molar-refractivity contribution is 0.0331. The van der Waals surface area contributed by atoms with Crippen LogP contribution < -0.4 is 5.32 Å². The van der Waals surface area contributed by atoms with Gasteiger partial charge in [0.2, 0.25) is 0 Å². The van der Waals surface area contributed by atoms with Crippen LogP contribution in [0.15, 0.2) is 0 Å². The third kappa shape index (κ3) is 6.37. The fourth-order valence-electron chi connectivity index (χ4n) is 2.02. The van der Waals surface area contributed by atoms with Crippen LogP contribution in [0, 0.1) is 16.7 Å². The van der Waals surface area contributed by atoms with Gasteiger partial charge in [-0.1, -0.05) is 20.8 Å². The normalized spacial score (nSPS) is 21.1. The van der Waals surface area contributed by atoms with Gasteiger partial charge < -0.3 is 4.74 Å². The number of ether oxygens (including phenoxy) is 1. The third-order valence-electron chi connectivity index (χ3n) is 3.30. The molecule has 1 saturated carbocycles. The van der Waals surface area contributed by atoms with E-state index in [0.29, 0.717) is 11.5 Å². The van der Waals surface area contributed by atoms with Crippen LogP contribution in [0.1, 0.15) is 60.3 Å². The smallest absolute Gasteiger partial charge is 0.106 e. The first-order valence-electron chi connectivity index (χ1n) is 7.05. The SMILES string of the molecule is CC(CC(C)(C#N)NC1CC1)OCCC(C)(C)C. The topological polar surface area (TPSA) is 45.0 Å². The molecule has 0 saturated heterocycles. The molecule has 2 unspecified atom stereocenters. The van der Waals surface area contributed by atoms with Crippen molar-refractivity contribution in [3.8, 4) is 6.07 Å². The van der Waals surface area contributed by atoms with Gasteiger partial charge in [0.25, 0.3) is 0 Å². The van der Waals surface area contributed by atoms with Crippen LogP contribution in [0.3, 0.4) is 0 Å². The van der Waals surface area contributed by atoms with Crippen LogP contribution in [0.25, 0.3) is 0 Å². The van der Waals surface area contributed by atoms with Gasteiger partial charge in [0, 0.05) is 19.1 Å². The molecule has 0 aromatic carbocycles. The predicted molar refractivity (Wildman–Crippen MR) is 74.3 cm³/mol. The van der Waals surface area contributed by atoms with Gasteiger partial charge in [-0.25, -0.2) is 0 Å². The Morgan fingerprint density at radius 2 is 1.94 bits per heavy atom. The highest BCUT2D eigenvalue weighted by molar-refractivity contribution is 5.07. The lowest BCUT2D eigenvalue weighted by Gasteiger charge is -2.27. The van der Waals surface area contributed by atoms with Gasteiger partial charge in [0.1, 0.15) is 5.54 Å². The summed E-state index contributed by atoms with van der Waals surface area (Å²) in [7, 11) is 0. The van der Waals surface area contributed by atoms with E-state index in [4.69, 9.17) is 4.74 Å². The quantitative estimate of drug-likeness (QED) is 0.756. The molecule has 2 atom stereocenters. The maximum Gasteiger partial charge on any atom is 0.106 e. The van der Waals surface area contributed by atoms with Crippen LogP contribution in [0.4, 0.5) is 0 Å². The van der Waals surface area contributed by atoms with Crippen molar-refractivity contribution < 1.29 is 4.74 Å². The van der Waals surface area contributed by atoms with Gasteiger partial charge in [-0.05, 0) is 38.5 Å². The van der Waals surface area contributed by atoms with E-state index >= 15 is 0 Å². The van der Waals surface area contributed by atoms with Gasteiger partial charge in [-0.2, -0.15) is 5.26 Å². The van der Waals surface area contributed by atoms with Crippen molar-refractivity contribution in [2.75, 3.05) is 6.61 Å². The minimum absolute atomic E-state index is 0.128. The summed E-state index contributed by atoms with van der Waals surface area (Å²) in [5, 5.41) is 12.7. The molecule has 18 heavy (non-hydrogen) atoms. The molecule has 1 fully saturated rings. The fourth-order valence-corrected chi connectivity index (χ4v) is 2.02. The summed E-state index contributed by atoms with van der Waals surface area (Å²) in [5.74, 6) is 0. The minimum atomic E-state index is -0.442. The number of rotatable bonds is 7. The molecular formula is C15H28N2O. The van der Waals surface area contributed by atoms with Crippen molar-refractivity contribution in [1.82, 2.24) is 5.32 Å². The van der Waals surface area contributed by atoms with Crippen molar-refractivity contribution >= 4 is 0 Å². The predicted octanol–water partition coefficient (Wildman–Crippen LogP) is 3.25. The Morgan fingerprint density at radius 3 is 2.39 bits per heavy atom. The summed E-state index contributed by atoms with van der Waals surface area (Å²) < 4.78 is 5.83. The van der Waals surface area contributed by atoms with Crippen molar-refractivity contribution in [1.29, 1.82) is 5.26 Å². The van der Waals surface area contributed by atoms with Gasteiger partial charge in [-0.15, -0.1) is 0 Å². The summed E-state index contributed by atoms with van der Waals surface area (Å²) in [4.78, 5) is 0. The zero-order valence-electron chi connectivity index (χ0n) is 12.5. The molecule has 3 nitrogen and oxygen atoms in total. The zero-order chi connectivity index (χ0) is 13.8. The Labute approximate surface area is 112 Å². The highest BCUT2D eigenvalue weighted by Crippen LogP contribution is 2.25. The van der Waals surface area contributed by atoms with Crippen molar-refractivity contribution in [2.45, 2.75) is 78.0 Å². The summed E-state index contributed by atoms with van der Waals surface area (Å²) >= 11 is 0. The zero-order valence-corrected chi connectivity index (χ0v) is 12.5. The number of nitrogens with zero attached hydrogens (tertiary/aromatic N) is 1. The second kappa shape index (κ2) is 6.04.